The number of carbonyl (C=O) groups is 1. The molecule has 0 saturated carbocycles. The lowest BCUT2D eigenvalue weighted by molar-refractivity contribution is -0.342. The second kappa shape index (κ2) is 8.23. The molecule has 2 heterocycles. The van der Waals surface area contributed by atoms with E-state index in [2.05, 4.69) is 0 Å². The first-order valence-electron chi connectivity index (χ1n) is 8.61. The van der Waals surface area contributed by atoms with E-state index < -0.39 is 61.4 Å². The van der Waals surface area contributed by atoms with Gasteiger partial charge in [-0.15, -0.1) is 0 Å². The van der Waals surface area contributed by atoms with Gasteiger partial charge in [0.25, 0.3) is 0 Å². The van der Waals surface area contributed by atoms with Crippen molar-refractivity contribution in [1.29, 1.82) is 0 Å². The maximum atomic E-state index is 12.0. The van der Waals surface area contributed by atoms with Gasteiger partial charge in [-0.2, -0.15) is 0 Å². The summed E-state index contributed by atoms with van der Waals surface area (Å²) < 4.78 is 21.3. The normalized spacial score (nSPS) is 43.6. The number of ether oxygens (including phenoxy) is 4. The van der Waals surface area contributed by atoms with Crippen LogP contribution in [0.1, 0.15) is 0 Å². The van der Waals surface area contributed by atoms with Gasteiger partial charge in [-0.1, -0.05) is 12.2 Å². The molecule has 10 nitrogen and oxygen atoms in total. The number of rotatable bonds is 5. The molecule has 1 aliphatic carbocycles. The summed E-state index contributed by atoms with van der Waals surface area (Å²) in [5.74, 6) is -1.88. The van der Waals surface area contributed by atoms with Crippen molar-refractivity contribution in [2.45, 2.75) is 37.0 Å². The molecule has 0 spiro atoms. The Morgan fingerprint density at radius 2 is 1.81 bits per heavy atom. The van der Waals surface area contributed by atoms with E-state index in [4.69, 9.17) is 18.9 Å². The standard InChI is InChI=1S/C17H24O10/c1-24-15(23)9-6-25-16(11-7(4-18)2-3-8(9)11)27-17-14(22)13(21)12(20)10(5-19)26-17/h2-3,6-8,10-14,16-22H,4-5H2,1H3/t7-,8+,10+,11+,12+,13-,14+,16-,17-/m0/s1. The molecule has 1 fully saturated rings. The number of fused-ring (bicyclic) bond motifs is 1. The molecule has 27 heavy (non-hydrogen) atoms. The lowest BCUT2D eigenvalue weighted by Crippen LogP contribution is -2.60. The molecule has 5 N–H and O–H groups in total. The molecule has 0 unspecified atom stereocenters. The van der Waals surface area contributed by atoms with E-state index in [1.54, 1.807) is 12.2 Å². The van der Waals surface area contributed by atoms with E-state index >= 15 is 0 Å². The van der Waals surface area contributed by atoms with Gasteiger partial charge >= 0.3 is 5.97 Å². The Morgan fingerprint density at radius 3 is 2.44 bits per heavy atom. The van der Waals surface area contributed by atoms with Crippen LogP contribution in [-0.4, -0.2) is 88.8 Å². The molecule has 10 heteroatoms. The summed E-state index contributed by atoms with van der Waals surface area (Å²) >= 11 is 0. The van der Waals surface area contributed by atoms with Crippen molar-refractivity contribution in [2.24, 2.45) is 17.8 Å². The highest BCUT2D eigenvalue weighted by molar-refractivity contribution is 5.89. The Balaban J connectivity index is 1.80. The third kappa shape index (κ3) is 3.61. The van der Waals surface area contributed by atoms with Gasteiger partial charge in [0.2, 0.25) is 6.29 Å². The second-order valence-corrected chi connectivity index (χ2v) is 6.74. The van der Waals surface area contributed by atoms with Crippen molar-refractivity contribution in [3.63, 3.8) is 0 Å². The van der Waals surface area contributed by atoms with Crippen LogP contribution in [0.25, 0.3) is 0 Å². The zero-order valence-corrected chi connectivity index (χ0v) is 14.6. The van der Waals surface area contributed by atoms with Crippen LogP contribution in [0, 0.1) is 17.8 Å². The molecule has 2 aliphatic heterocycles. The Hall–Kier alpha value is -1.53. The molecule has 0 aromatic rings. The lowest BCUT2D eigenvalue weighted by Gasteiger charge is -2.43. The van der Waals surface area contributed by atoms with Gasteiger partial charge in [0.15, 0.2) is 6.29 Å². The number of allylic oxidation sites excluding steroid dienone is 1. The topological polar surface area (TPSA) is 155 Å². The van der Waals surface area contributed by atoms with Crippen LogP contribution in [-0.2, 0) is 23.7 Å². The van der Waals surface area contributed by atoms with Crippen molar-refractivity contribution in [3.05, 3.63) is 24.0 Å². The summed E-state index contributed by atoms with van der Waals surface area (Å²) in [6.45, 7) is -0.806. The maximum Gasteiger partial charge on any atom is 0.337 e. The monoisotopic (exact) mass is 388 g/mol. The van der Waals surface area contributed by atoms with E-state index in [0.717, 1.165) is 0 Å². The molecular weight excluding hydrogens is 364 g/mol. The highest BCUT2D eigenvalue weighted by Crippen LogP contribution is 2.43. The maximum absolute atomic E-state index is 12.0. The lowest BCUT2D eigenvalue weighted by atomic mass is 9.82. The molecule has 3 aliphatic rings. The Bertz CT molecular complexity index is 603. The van der Waals surface area contributed by atoms with Gasteiger partial charge < -0.3 is 44.5 Å². The summed E-state index contributed by atoms with van der Waals surface area (Å²) in [6, 6.07) is 0. The van der Waals surface area contributed by atoms with Crippen LogP contribution in [0.15, 0.2) is 24.0 Å². The van der Waals surface area contributed by atoms with Gasteiger partial charge in [0, 0.05) is 24.4 Å². The van der Waals surface area contributed by atoms with E-state index in [9.17, 15) is 30.3 Å². The van der Waals surface area contributed by atoms with Gasteiger partial charge in [-0.25, -0.2) is 4.79 Å². The molecule has 0 amide bonds. The molecular formula is C17H24O10. The van der Waals surface area contributed by atoms with E-state index in [-0.39, 0.29) is 18.1 Å². The van der Waals surface area contributed by atoms with Crippen molar-refractivity contribution in [2.75, 3.05) is 20.3 Å². The number of esters is 1. The van der Waals surface area contributed by atoms with Crippen molar-refractivity contribution >= 4 is 5.97 Å². The molecule has 0 bridgehead atoms. The average molecular weight is 388 g/mol. The van der Waals surface area contributed by atoms with E-state index in [1.807, 2.05) is 0 Å². The minimum Gasteiger partial charge on any atom is -0.472 e. The summed E-state index contributed by atoms with van der Waals surface area (Å²) in [5.41, 5.74) is 0.267. The number of methoxy groups -OCH3 is 1. The fourth-order valence-electron chi connectivity index (χ4n) is 3.70. The first-order valence-corrected chi connectivity index (χ1v) is 8.61. The summed E-state index contributed by atoms with van der Waals surface area (Å²) in [4.78, 5) is 12.0. The van der Waals surface area contributed by atoms with Gasteiger partial charge in [-0.05, 0) is 0 Å². The van der Waals surface area contributed by atoms with Crippen LogP contribution < -0.4 is 0 Å². The largest absolute Gasteiger partial charge is 0.472 e. The Kier molecular flexibility index (Phi) is 6.16. The third-order valence-electron chi connectivity index (χ3n) is 5.23. The Labute approximate surface area is 155 Å². The number of hydrogen-bond donors (Lipinski definition) is 5. The van der Waals surface area contributed by atoms with Crippen LogP contribution in [0.2, 0.25) is 0 Å². The van der Waals surface area contributed by atoms with Crippen molar-refractivity contribution < 1.29 is 49.3 Å². The molecule has 9 atom stereocenters. The van der Waals surface area contributed by atoms with Gasteiger partial charge in [0.05, 0.1) is 25.6 Å². The van der Waals surface area contributed by atoms with Crippen LogP contribution in [0.5, 0.6) is 0 Å². The van der Waals surface area contributed by atoms with Crippen LogP contribution in [0.3, 0.4) is 0 Å². The fraction of sp³-hybridized carbons (Fsp3) is 0.706. The Morgan fingerprint density at radius 1 is 1.07 bits per heavy atom. The molecule has 3 rings (SSSR count). The van der Waals surface area contributed by atoms with Crippen LogP contribution >= 0.6 is 0 Å². The average Bonchev–Trinajstić information content (AvgIpc) is 3.12. The molecule has 0 aromatic carbocycles. The third-order valence-corrected chi connectivity index (χ3v) is 5.23. The van der Waals surface area contributed by atoms with Crippen molar-refractivity contribution in [3.8, 4) is 0 Å². The summed E-state index contributed by atoms with van der Waals surface area (Å²) in [7, 11) is 1.25. The molecule has 1 saturated heterocycles. The predicted octanol–water partition coefficient (Wildman–Crippen LogP) is -2.37. The highest BCUT2D eigenvalue weighted by Gasteiger charge is 2.50. The molecule has 0 aromatic heterocycles. The number of hydrogen-bond acceptors (Lipinski definition) is 10. The number of aliphatic hydroxyl groups is 5. The zero-order chi connectivity index (χ0) is 19.7. The molecule has 152 valence electrons. The van der Waals surface area contributed by atoms with E-state index in [1.165, 1.54) is 13.4 Å². The van der Waals surface area contributed by atoms with E-state index in [0.29, 0.717) is 0 Å². The number of aliphatic hydroxyl groups excluding tert-OH is 5. The zero-order valence-electron chi connectivity index (χ0n) is 14.6. The minimum absolute atomic E-state index is 0.218. The second-order valence-electron chi connectivity index (χ2n) is 6.74. The first kappa shape index (κ1) is 20.2. The predicted molar refractivity (Wildman–Crippen MR) is 86.5 cm³/mol. The molecule has 0 radical (unpaired) electrons. The first-order chi connectivity index (χ1) is 12.9. The van der Waals surface area contributed by atoms with Crippen LogP contribution in [0.4, 0.5) is 0 Å². The minimum atomic E-state index is -1.59. The highest BCUT2D eigenvalue weighted by atomic mass is 16.8. The quantitative estimate of drug-likeness (QED) is 0.255. The SMILES string of the molecule is COC(=O)C1=CO[C@@H](O[C@@H]2O[C@H](CO)[C@@H](O)[C@H](O)[C@H]2O)[C@H]2[C@@H]1C=C[C@H]2CO. The van der Waals surface area contributed by atoms with Gasteiger partial charge in [0.1, 0.15) is 24.4 Å². The summed E-state index contributed by atoms with van der Waals surface area (Å²) in [6.07, 6.45) is -3.51. The van der Waals surface area contributed by atoms with Crippen molar-refractivity contribution in [1.82, 2.24) is 0 Å². The smallest absolute Gasteiger partial charge is 0.337 e. The van der Waals surface area contributed by atoms with Gasteiger partial charge in [-0.3, -0.25) is 0 Å². The fourth-order valence-corrected chi connectivity index (χ4v) is 3.70. The number of carbonyl (C=O) groups excluding carboxylic acids is 1. The summed E-state index contributed by atoms with van der Waals surface area (Å²) in [5, 5.41) is 48.8.